The van der Waals surface area contributed by atoms with Crippen LogP contribution in [-0.4, -0.2) is 41.6 Å². The van der Waals surface area contributed by atoms with E-state index in [1.54, 1.807) is 11.8 Å². The number of amides is 1. The smallest absolute Gasteiger partial charge is 0.311 e. The number of hydrogen-bond acceptors (Lipinski definition) is 3. The number of hydrogen-bond donors (Lipinski definition) is 1. The summed E-state index contributed by atoms with van der Waals surface area (Å²) in [5, 5.41) is 9.35. The monoisotopic (exact) mass is 319 g/mol. The number of carboxylic acid groups (broad SMARTS) is 1. The van der Waals surface area contributed by atoms with Crippen molar-refractivity contribution in [2.45, 2.75) is 33.1 Å². The van der Waals surface area contributed by atoms with Crippen LogP contribution in [0.4, 0.5) is 0 Å². The predicted octanol–water partition coefficient (Wildman–Crippen LogP) is 2.80. The third-order valence-corrected chi connectivity index (χ3v) is 4.51. The van der Waals surface area contributed by atoms with Crippen molar-refractivity contribution in [2.75, 3.05) is 19.7 Å². The molecule has 1 aliphatic rings. The number of aliphatic carboxylic acids is 1. The zero-order chi connectivity index (χ0) is 16.9. The Morgan fingerprint density at radius 1 is 1.35 bits per heavy atom. The maximum atomic E-state index is 12.5. The highest BCUT2D eigenvalue weighted by Crippen LogP contribution is 2.30. The number of rotatable bonds is 6. The van der Waals surface area contributed by atoms with Gasteiger partial charge in [-0.1, -0.05) is 25.1 Å². The second-order valence-electron chi connectivity index (χ2n) is 6.58. The van der Waals surface area contributed by atoms with E-state index >= 15 is 0 Å². The minimum atomic E-state index is -0.825. The molecule has 0 radical (unpaired) electrons. The summed E-state index contributed by atoms with van der Waals surface area (Å²) in [5.41, 5.74) is -0.825. The van der Waals surface area contributed by atoms with Crippen LogP contribution in [0.3, 0.4) is 0 Å². The molecule has 0 spiro atoms. The first-order chi connectivity index (χ1) is 10.9. The lowest BCUT2D eigenvalue weighted by atomic mass is 9.81. The van der Waals surface area contributed by atoms with Crippen molar-refractivity contribution < 1.29 is 19.4 Å². The summed E-state index contributed by atoms with van der Waals surface area (Å²) in [6, 6.07) is 9.51. The summed E-state index contributed by atoms with van der Waals surface area (Å²) in [4.78, 5) is 25.6. The molecule has 5 nitrogen and oxygen atoms in total. The number of ether oxygens (including phenoxy) is 1. The van der Waals surface area contributed by atoms with E-state index < -0.39 is 11.4 Å². The molecule has 0 bridgehead atoms. The highest BCUT2D eigenvalue weighted by Gasteiger charge is 2.39. The maximum Gasteiger partial charge on any atom is 0.311 e. The molecule has 1 aromatic carbocycles. The van der Waals surface area contributed by atoms with Crippen molar-refractivity contribution in [3.05, 3.63) is 30.3 Å². The minimum Gasteiger partial charge on any atom is -0.494 e. The van der Waals surface area contributed by atoms with Gasteiger partial charge in [0.25, 0.3) is 0 Å². The van der Waals surface area contributed by atoms with Crippen LogP contribution >= 0.6 is 0 Å². The second-order valence-corrected chi connectivity index (χ2v) is 6.58. The Hall–Kier alpha value is -2.04. The molecule has 1 saturated heterocycles. The molecule has 1 fully saturated rings. The zero-order valence-corrected chi connectivity index (χ0v) is 13.8. The molecule has 0 aromatic heterocycles. The fraction of sp³-hybridized carbons (Fsp3) is 0.556. The van der Waals surface area contributed by atoms with Gasteiger partial charge in [0.2, 0.25) is 5.91 Å². The predicted molar refractivity (Wildman–Crippen MR) is 87.3 cm³/mol. The van der Waals surface area contributed by atoms with E-state index in [2.05, 4.69) is 0 Å². The van der Waals surface area contributed by atoms with Crippen molar-refractivity contribution in [3.8, 4) is 5.75 Å². The van der Waals surface area contributed by atoms with Gasteiger partial charge in [0.05, 0.1) is 12.0 Å². The first-order valence-electron chi connectivity index (χ1n) is 8.12. The second kappa shape index (κ2) is 7.49. The van der Waals surface area contributed by atoms with Crippen LogP contribution in [0, 0.1) is 11.3 Å². The Bertz CT molecular complexity index is 545. The Kier molecular flexibility index (Phi) is 5.64. The van der Waals surface area contributed by atoms with Gasteiger partial charge in [0, 0.05) is 19.0 Å². The number of likely N-dealkylation sites (tertiary alicyclic amines) is 1. The summed E-state index contributed by atoms with van der Waals surface area (Å²) in [6.07, 6.45) is 1.98. The fourth-order valence-corrected chi connectivity index (χ4v) is 2.91. The van der Waals surface area contributed by atoms with Crippen LogP contribution < -0.4 is 4.74 Å². The van der Waals surface area contributed by atoms with Gasteiger partial charge in [-0.25, -0.2) is 0 Å². The summed E-state index contributed by atoms with van der Waals surface area (Å²) < 4.78 is 5.63. The van der Waals surface area contributed by atoms with Gasteiger partial charge in [-0.2, -0.15) is 0 Å². The summed E-state index contributed by atoms with van der Waals surface area (Å²) in [6.45, 7) is 5.01. The van der Waals surface area contributed by atoms with E-state index in [4.69, 9.17) is 4.74 Å². The Balaban J connectivity index is 1.83. The van der Waals surface area contributed by atoms with Crippen LogP contribution in [0.2, 0.25) is 0 Å². The molecule has 5 heteroatoms. The number of piperidine rings is 1. The maximum absolute atomic E-state index is 12.5. The topological polar surface area (TPSA) is 66.8 Å². The Morgan fingerprint density at radius 3 is 2.70 bits per heavy atom. The Labute approximate surface area is 137 Å². The lowest BCUT2D eigenvalue weighted by Gasteiger charge is -2.38. The van der Waals surface area contributed by atoms with E-state index in [1.165, 1.54) is 0 Å². The van der Waals surface area contributed by atoms with E-state index in [0.717, 1.165) is 12.2 Å². The molecule has 2 atom stereocenters. The van der Waals surface area contributed by atoms with Gasteiger partial charge in [0.1, 0.15) is 5.75 Å². The van der Waals surface area contributed by atoms with Gasteiger partial charge in [0.15, 0.2) is 0 Å². The third kappa shape index (κ3) is 4.47. The first kappa shape index (κ1) is 17.3. The molecule has 2 rings (SSSR count). The Morgan fingerprint density at radius 2 is 2.04 bits per heavy atom. The standard InChI is InChI=1S/C18H25NO4/c1-14(9-12-23-15-7-4-3-5-8-15)16(20)19-11-6-10-18(2,13-19)17(21)22/h3-5,7-8,14H,6,9-13H2,1-2H3,(H,21,22). The molecule has 1 heterocycles. The van der Waals surface area contributed by atoms with Crippen LogP contribution in [0.15, 0.2) is 30.3 Å². The van der Waals surface area contributed by atoms with Gasteiger partial charge in [-0.15, -0.1) is 0 Å². The summed E-state index contributed by atoms with van der Waals surface area (Å²) in [7, 11) is 0. The van der Waals surface area contributed by atoms with Gasteiger partial charge < -0.3 is 14.7 Å². The van der Waals surface area contributed by atoms with Crippen LogP contribution in [0.1, 0.15) is 33.1 Å². The molecule has 1 amide bonds. The van der Waals surface area contributed by atoms with E-state index in [1.807, 2.05) is 37.3 Å². The number of para-hydroxylation sites is 1. The highest BCUT2D eigenvalue weighted by atomic mass is 16.5. The number of carboxylic acids is 1. The number of carbonyl (C=O) groups excluding carboxylic acids is 1. The number of benzene rings is 1. The molecule has 23 heavy (non-hydrogen) atoms. The fourth-order valence-electron chi connectivity index (χ4n) is 2.91. The van der Waals surface area contributed by atoms with Crippen molar-refractivity contribution in [1.82, 2.24) is 4.90 Å². The summed E-state index contributed by atoms with van der Waals surface area (Å²) in [5.74, 6) is -0.178. The molecule has 126 valence electrons. The normalized spacial score (nSPS) is 22.4. The van der Waals surface area contributed by atoms with Crippen molar-refractivity contribution >= 4 is 11.9 Å². The van der Waals surface area contributed by atoms with Crippen LogP contribution in [0.5, 0.6) is 5.75 Å². The lowest BCUT2D eigenvalue weighted by Crippen LogP contribution is -2.49. The molecule has 0 aliphatic carbocycles. The molecular formula is C18H25NO4. The summed E-state index contributed by atoms with van der Waals surface area (Å²) >= 11 is 0. The third-order valence-electron chi connectivity index (χ3n) is 4.51. The average molecular weight is 319 g/mol. The molecular weight excluding hydrogens is 294 g/mol. The number of carbonyl (C=O) groups is 2. The van der Waals surface area contributed by atoms with Gasteiger partial charge in [-0.3, -0.25) is 9.59 Å². The van der Waals surface area contributed by atoms with E-state index in [-0.39, 0.29) is 11.8 Å². The van der Waals surface area contributed by atoms with Gasteiger partial charge >= 0.3 is 5.97 Å². The SMILES string of the molecule is CC(CCOc1ccccc1)C(=O)N1CCCC(C)(C(=O)O)C1. The van der Waals surface area contributed by atoms with Crippen molar-refractivity contribution in [3.63, 3.8) is 0 Å². The largest absolute Gasteiger partial charge is 0.494 e. The van der Waals surface area contributed by atoms with E-state index in [9.17, 15) is 14.7 Å². The van der Waals surface area contributed by atoms with Gasteiger partial charge in [-0.05, 0) is 38.3 Å². The first-order valence-corrected chi connectivity index (χ1v) is 8.12. The van der Waals surface area contributed by atoms with Crippen molar-refractivity contribution in [2.24, 2.45) is 11.3 Å². The van der Waals surface area contributed by atoms with Crippen molar-refractivity contribution in [1.29, 1.82) is 0 Å². The number of nitrogens with zero attached hydrogens (tertiary/aromatic N) is 1. The lowest BCUT2D eigenvalue weighted by molar-refractivity contribution is -0.154. The molecule has 2 unspecified atom stereocenters. The highest BCUT2D eigenvalue weighted by molar-refractivity contribution is 5.81. The average Bonchev–Trinajstić information content (AvgIpc) is 2.55. The molecule has 1 aromatic rings. The molecule has 0 saturated carbocycles. The molecule has 1 aliphatic heterocycles. The van der Waals surface area contributed by atoms with Crippen LogP contribution in [-0.2, 0) is 9.59 Å². The quantitative estimate of drug-likeness (QED) is 0.875. The van der Waals surface area contributed by atoms with E-state index in [0.29, 0.717) is 32.5 Å². The zero-order valence-electron chi connectivity index (χ0n) is 13.8. The minimum absolute atomic E-state index is 0.0221. The molecule has 1 N–H and O–H groups in total. The van der Waals surface area contributed by atoms with Crippen LogP contribution in [0.25, 0.3) is 0 Å².